The summed E-state index contributed by atoms with van der Waals surface area (Å²) < 4.78 is 12.1. The van der Waals surface area contributed by atoms with Crippen molar-refractivity contribution in [1.82, 2.24) is 0 Å². The summed E-state index contributed by atoms with van der Waals surface area (Å²) in [5, 5.41) is 28.7. The molecule has 5 unspecified atom stereocenters. The normalized spacial score (nSPS) is 50.3. The summed E-state index contributed by atoms with van der Waals surface area (Å²) in [5.74, 6) is -0.0184. The third-order valence-corrected chi connectivity index (χ3v) is 4.79. The quantitative estimate of drug-likeness (QED) is 0.771. The molecule has 0 aromatic rings. The van der Waals surface area contributed by atoms with E-state index in [2.05, 4.69) is 6.07 Å². The van der Waals surface area contributed by atoms with Crippen LogP contribution in [-0.4, -0.2) is 46.3 Å². The monoisotopic (exact) mass is 267 g/mol. The van der Waals surface area contributed by atoms with Gasteiger partial charge in [-0.15, -0.1) is 0 Å². The van der Waals surface area contributed by atoms with Crippen molar-refractivity contribution in [2.24, 2.45) is 5.92 Å². The fraction of sp³-hybridized carbons (Fsp3) is 0.929. The molecule has 2 aliphatic heterocycles. The van der Waals surface area contributed by atoms with Crippen LogP contribution in [0.25, 0.3) is 0 Å². The molecule has 7 atom stereocenters. The molecule has 2 heterocycles. The maximum atomic E-state index is 9.94. The van der Waals surface area contributed by atoms with Crippen molar-refractivity contribution in [3.05, 3.63) is 0 Å². The lowest BCUT2D eigenvalue weighted by atomic mass is 9.76. The number of nitrogens with zero attached hydrogens (tertiary/aromatic N) is 1. The van der Waals surface area contributed by atoms with Crippen molar-refractivity contribution in [3.8, 4) is 6.07 Å². The second-order valence-corrected chi connectivity index (χ2v) is 6.28. The van der Waals surface area contributed by atoms with Crippen LogP contribution in [0.15, 0.2) is 0 Å². The molecule has 1 saturated carbocycles. The summed E-state index contributed by atoms with van der Waals surface area (Å²) in [5.41, 5.74) is -0.443. The Morgan fingerprint density at radius 3 is 2.89 bits per heavy atom. The van der Waals surface area contributed by atoms with E-state index in [1.807, 2.05) is 6.92 Å². The highest BCUT2D eigenvalue weighted by Crippen LogP contribution is 2.49. The van der Waals surface area contributed by atoms with E-state index in [-0.39, 0.29) is 24.2 Å². The number of aliphatic hydroxyl groups is 2. The van der Waals surface area contributed by atoms with Gasteiger partial charge in [0.1, 0.15) is 6.10 Å². The summed E-state index contributed by atoms with van der Waals surface area (Å²) in [7, 11) is 0. The van der Waals surface area contributed by atoms with Crippen molar-refractivity contribution in [3.63, 3.8) is 0 Å². The second kappa shape index (κ2) is 4.71. The molecule has 0 radical (unpaired) electrons. The van der Waals surface area contributed by atoms with E-state index in [1.54, 1.807) is 0 Å². The molecule has 2 N–H and O–H groups in total. The molecule has 3 rings (SSSR count). The van der Waals surface area contributed by atoms with Gasteiger partial charge in [0, 0.05) is 18.8 Å². The van der Waals surface area contributed by atoms with Gasteiger partial charge in [0.2, 0.25) is 0 Å². The van der Waals surface area contributed by atoms with Gasteiger partial charge in [0.15, 0.2) is 0 Å². The topological polar surface area (TPSA) is 82.7 Å². The Morgan fingerprint density at radius 1 is 1.37 bits per heavy atom. The number of fused-ring (bicyclic) bond motifs is 1. The fourth-order valence-corrected chi connectivity index (χ4v) is 3.84. The van der Waals surface area contributed by atoms with Gasteiger partial charge in [-0.05, 0) is 26.2 Å². The number of hydrogen-bond acceptors (Lipinski definition) is 5. The van der Waals surface area contributed by atoms with Crippen molar-refractivity contribution in [2.75, 3.05) is 0 Å². The van der Waals surface area contributed by atoms with Crippen LogP contribution in [0.3, 0.4) is 0 Å². The zero-order chi connectivity index (χ0) is 13.6. The van der Waals surface area contributed by atoms with Gasteiger partial charge in [-0.2, -0.15) is 5.26 Å². The molecule has 5 heteroatoms. The first-order chi connectivity index (χ1) is 9.04. The number of aliphatic hydroxyl groups excluding tert-OH is 2. The van der Waals surface area contributed by atoms with E-state index in [9.17, 15) is 10.2 Å². The average molecular weight is 267 g/mol. The summed E-state index contributed by atoms with van der Waals surface area (Å²) in [6.45, 7) is 1.90. The number of nitriles is 1. The first-order valence-electron chi connectivity index (χ1n) is 7.13. The van der Waals surface area contributed by atoms with E-state index in [1.165, 1.54) is 0 Å². The smallest absolute Gasteiger partial charge is 0.106 e. The minimum Gasteiger partial charge on any atom is -0.390 e. The van der Waals surface area contributed by atoms with E-state index >= 15 is 0 Å². The molecular formula is C14H21NO4. The van der Waals surface area contributed by atoms with Crippen molar-refractivity contribution < 1.29 is 19.7 Å². The maximum absolute atomic E-state index is 9.94. The van der Waals surface area contributed by atoms with Crippen LogP contribution in [0, 0.1) is 17.2 Å². The Kier molecular flexibility index (Phi) is 3.30. The summed E-state index contributed by atoms with van der Waals surface area (Å²) in [6, 6.07) is 2.24. The minimum absolute atomic E-state index is 0.0158. The van der Waals surface area contributed by atoms with Gasteiger partial charge in [-0.1, -0.05) is 0 Å². The van der Waals surface area contributed by atoms with Crippen molar-refractivity contribution in [2.45, 2.75) is 75.1 Å². The predicted octanol–water partition coefficient (Wildman–Crippen LogP) is 0.737. The standard InChI is InChI=1S/C14H21NO4/c1-8(7-15)4-9-2-3-12-14(19-9)5-10(16)13(17)11(6-14)18-12/h8-13,16-17H,2-6H2,1H3/t8?,9?,10-,11?,12?,13-,14?/m1/s1. The Morgan fingerprint density at radius 2 is 2.16 bits per heavy atom. The molecule has 3 fully saturated rings. The molecule has 5 nitrogen and oxygen atoms in total. The molecule has 0 aromatic heterocycles. The van der Waals surface area contributed by atoms with Crippen LogP contribution >= 0.6 is 0 Å². The molecule has 0 aromatic carbocycles. The number of hydrogen-bond donors (Lipinski definition) is 2. The van der Waals surface area contributed by atoms with Crippen LogP contribution in [0.5, 0.6) is 0 Å². The first-order valence-corrected chi connectivity index (χ1v) is 7.13. The third kappa shape index (κ3) is 2.17. The van der Waals surface area contributed by atoms with Crippen LogP contribution in [-0.2, 0) is 9.47 Å². The molecule has 3 aliphatic rings. The Bertz CT molecular complexity index is 395. The van der Waals surface area contributed by atoms with Gasteiger partial charge in [0.25, 0.3) is 0 Å². The summed E-state index contributed by atoms with van der Waals surface area (Å²) in [4.78, 5) is 0. The SMILES string of the molecule is CC(C#N)CC1CCC2OC3CC2(C[C@@H](O)[C@H]3O)O1. The Labute approximate surface area is 113 Å². The maximum Gasteiger partial charge on any atom is 0.106 e. The largest absolute Gasteiger partial charge is 0.390 e. The van der Waals surface area contributed by atoms with E-state index in [0.717, 1.165) is 19.3 Å². The van der Waals surface area contributed by atoms with E-state index < -0.39 is 17.8 Å². The minimum atomic E-state index is -0.795. The predicted molar refractivity (Wildman–Crippen MR) is 66.1 cm³/mol. The molecule has 1 aliphatic carbocycles. The zero-order valence-corrected chi connectivity index (χ0v) is 11.2. The first kappa shape index (κ1) is 13.3. The molecule has 1 spiro atoms. The van der Waals surface area contributed by atoms with Crippen molar-refractivity contribution >= 4 is 0 Å². The van der Waals surface area contributed by atoms with Crippen LogP contribution in [0.4, 0.5) is 0 Å². The van der Waals surface area contributed by atoms with Gasteiger partial charge in [-0.3, -0.25) is 0 Å². The van der Waals surface area contributed by atoms with Crippen LogP contribution in [0.1, 0.15) is 39.0 Å². The highest BCUT2D eigenvalue weighted by Gasteiger charge is 2.59. The third-order valence-electron chi connectivity index (χ3n) is 4.79. The van der Waals surface area contributed by atoms with Gasteiger partial charge < -0.3 is 19.7 Å². The summed E-state index contributed by atoms with van der Waals surface area (Å²) >= 11 is 0. The van der Waals surface area contributed by atoms with E-state index in [4.69, 9.17) is 14.7 Å². The lowest BCUT2D eigenvalue weighted by Gasteiger charge is -2.44. The molecule has 0 amide bonds. The van der Waals surface area contributed by atoms with Crippen molar-refractivity contribution in [1.29, 1.82) is 5.26 Å². The Hall–Kier alpha value is -0.670. The zero-order valence-electron chi connectivity index (χ0n) is 11.2. The van der Waals surface area contributed by atoms with Crippen LogP contribution < -0.4 is 0 Å². The van der Waals surface area contributed by atoms with Gasteiger partial charge >= 0.3 is 0 Å². The molecule has 2 bridgehead atoms. The fourth-order valence-electron chi connectivity index (χ4n) is 3.84. The summed E-state index contributed by atoms with van der Waals surface area (Å²) in [6.07, 6.45) is 1.78. The highest BCUT2D eigenvalue weighted by molar-refractivity contribution is 5.09. The second-order valence-electron chi connectivity index (χ2n) is 6.28. The highest BCUT2D eigenvalue weighted by atomic mass is 16.6. The molecule has 19 heavy (non-hydrogen) atoms. The lowest BCUT2D eigenvalue weighted by molar-refractivity contribution is -0.179. The molecule has 2 saturated heterocycles. The van der Waals surface area contributed by atoms with Gasteiger partial charge in [-0.25, -0.2) is 0 Å². The molecular weight excluding hydrogens is 246 g/mol. The lowest BCUT2D eigenvalue weighted by Crippen LogP contribution is -2.54. The molecule has 106 valence electrons. The van der Waals surface area contributed by atoms with Gasteiger partial charge in [0.05, 0.1) is 36.1 Å². The van der Waals surface area contributed by atoms with Crippen LogP contribution in [0.2, 0.25) is 0 Å². The Balaban J connectivity index is 1.73. The average Bonchev–Trinajstić information content (AvgIpc) is 2.70. The van der Waals surface area contributed by atoms with E-state index in [0.29, 0.717) is 12.8 Å². The number of rotatable bonds is 2. The number of ether oxygens (including phenoxy) is 2.